The third-order valence-electron chi connectivity index (χ3n) is 11.2. The summed E-state index contributed by atoms with van der Waals surface area (Å²) >= 11 is 0. The molecule has 4 rings (SSSR count). The molecule has 1 N–H and O–H groups in total. The zero-order valence-corrected chi connectivity index (χ0v) is 20.5. The molecule has 1 heteroatoms. The molecule has 0 aromatic heterocycles. The predicted molar refractivity (Wildman–Crippen MR) is 124 cm³/mol. The van der Waals surface area contributed by atoms with Gasteiger partial charge in [-0.05, 0) is 117 Å². The highest BCUT2D eigenvalue weighted by molar-refractivity contribution is 5.10. The van der Waals surface area contributed by atoms with E-state index in [2.05, 4.69) is 41.5 Å². The van der Waals surface area contributed by atoms with Gasteiger partial charge in [0.15, 0.2) is 0 Å². The maximum Gasteiger partial charge on any atom is 0.0622 e. The average molecular weight is 403 g/mol. The number of rotatable bonds is 5. The van der Waals surface area contributed by atoms with Crippen molar-refractivity contribution in [3.63, 3.8) is 0 Å². The van der Waals surface area contributed by atoms with Crippen LogP contribution < -0.4 is 0 Å². The fraction of sp³-hybridized carbons (Fsp3) is 1.00. The van der Waals surface area contributed by atoms with Crippen LogP contribution in [0.3, 0.4) is 0 Å². The monoisotopic (exact) mass is 402 g/mol. The molecular weight excluding hydrogens is 352 g/mol. The second kappa shape index (κ2) is 7.83. The zero-order valence-electron chi connectivity index (χ0n) is 20.5. The molecule has 0 bridgehead atoms. The first kappa shape index (κ1) is 22.2. The van der Waals surface area contributed by atoms with Gasteiger partial charge in [0.2, 0.25) is 0 Å². The van der Waals surface area contributed by atoms with Crippen LogP contribution in [0.2, 0.25) is 0 Å². The van der Waals surface area contributed by atoms with Crippen LogP contribution in [0.1, 0.15) is 119 Å². The fourth-order valence-electron chi connectivity index (χ4n) is 9.46. The molecule has 4 saturated carbocycles. The van der Waals surface area contributed by atoms with Gasteiger partial charge in [-0.1, -0.05) is 53.9 Å². The van der Waals surface area contributed by atoms with Crippen molar-refractivity contribution >= 4 is 0 Å². The molecule has 9 atom stereocenters. The third kappa shape index (κ3) is 3.85. The molecule has 0 heterocycles. The molecule has 1 nitrogen and oxygen atoms in total. The summed E-state index contributed by atoms with van der Waals surface area (Å²) in [5.41, 5.74) is 0.722. The van der Waals surface area contributed by atoms with Crippen molar-refractivity contribution in [2.45, 2.75) is 124 Å². The van der Waals surface area contributed by atoms with Gasteiger partial charge in [0, 0.05) is 0 Å². The van der Waals surface area contributed by atoms with Crippen LogP contribution in [0.4, 0.5) is 0 Å². The Morgan fingerprint density at radius 3 is 2.24 bits per heavy atom. The standard InChI is InChI=1S/C28H50O/c1-19(2)8-7-9-20(3)23-12-13-24-22-11-10-21-18-26(4,29)16-17-27(21,5)25(22)14-15-28(23,24)6/h19-25,29H,7-18H2,1-6H3/t20-,21+,22+,23+,24-,25+,26+,27+,28-/m1/s1. The predicted octanol–water partition coefficient (Wildman–Crippen LogP) is 7.86. The lowest BCUT2D eigenvalue weighted by atomic mass is 9.43. The van der Waals surface area contributed by atoms with Gasteiger partial charge in [-0.3, -0.25) is 0 Å². The molecule has 168 valence electrons. The molecule has 0 aliphatic heterocycles. The van der Waals surface area contributed by atoms with Crippen molar-refractivity contribution in [2.24, 2.45) is 52.3 Å². The van der Waals surface area contributed by atoms with Crippen molar-refractivity contribution < 1.29 is 5.11 Å². The van der Waals surface area contributed by atoms with E-state index >= 15 is 0 Å². The summed E-state index contributed by atoms with van der Waals surface area (Å²) < 4.78 is 0. The highest BCUT2D eigenvalue weighted by atomic mass is 16.3. The molecule has 0 amide bonds. The number of hydrogen-bond acceptors (Lipinski definition) is 1. The summed E-state index contributed by atoms with van der Waals surface area (Å²) in [6.07, 6.45) is 16.5. The van der Waals surface area contributed by atoms with Gasteiger partial charge in [0.25, 0.3) is 0 Å². The van der Waals surface area contributed by atoms with Crippen molar-refractivity contribution in [1.82, 2.24) is 0 Å². The Morgan fingerprint density at radius 2 is 1.52 bits per heavy atom. The van der Waals surface area contributed by atoms with E-state index in [0.29, 0.717) is 10.8 Å². The van der Waals surface area contributed by atoms with Gasteiger partial charge >= 0.3 is 0 Å². The maximum absolute atomic E-state index is 10.7. The quantitative estimate of drug-likeness (QED) is 0.496. The topological polar surface area (TPSA) is 20.2 Å². The molecule has 4 aliphatic carbocycles. The molecule has 29 heavy (non-hydrogen) atoms. The van der Waals surface area contributed by atoms with Crippen LogP contribution in [0, 0.1) is 52.3 Å². The molecule has 0 unspecified atom stereocenters. The fourth-order valence-corrected chi connectivity index (χ4v) is 9.46. The highest BCUT2D eigenvalue weighted by Crippen LogP contribution is 2.68. The van der Waals surface area contributed by atoms with E-state index in [-0.39, 0.29) is 0 Å². The molecular formula is C28H50O. The van der Waals surface area contributed by atoms with E-state index in [1.54, 1.807) is 0 Å². The molecule has 0 aromatic rings. The normalized spacial score (nSPS) is 50.7. The molecule has 0 radical (unpaired) electrons. The van der Waals surface area contributed by atoms with E-state index < -0.39 is 5.60 Å². The van der Waals surface area contributed by atoms with Crippen LogP contribution in [0.25, 0.3) is 0 Å². The Labute approximate surface area is 181 Å². The van der Waals surface area contributed by atoms with Crippen LogP contribution in [-0.4, -0.2) is 10.7 Å². The zero-order chi connectivity index (χ0) is 21.0. The van der Waals surface area contributed by atoms with Gasteiger partial charge in [-0.25, -0.2) is 0 Å². The first-order valence-corrected chi connectivity index (χ1v) is 13.3. The Morgan fingerprint density at radius 1 is 0.793 bits per heavy atom. The van der Waals surface area contributed by atoms with Gasteiger partial charge in [-0.2, -0.15) is 0 Å². The van der Waals surface area contributed by atoms with Gasteiger partial charge in [0.05, 0.1) is 5.60 Å². The van der Waals surface area contributed by atoms with E-state index in [9.17, 15) is 5.11 Å². The lowest BCUT2D eigenvalue weighted by Gasteiger charge is -2.62. The Bertz CT molecular complexity index is 579. The minimum Gasteiger partial charge on any atom is -0.390 e. The van der Waals surface area contributed by atoms with E-state index in [1.807, 2.05) is 0 Å². The Balaban J connectivity index is 1.46. The first-order chi connectivity index (χ1) is 13.6. The Kier molecular flexibility index (Phi) is 5.98. The van der Waals surface area contributed by atoms with Gasteiger partial charge in [0.1, 0.15) is 0 Å². The minimum absolute atomic E-state index is 0.399. The molecule has 0 saturated heterocycles. The lowest BCUT2D eigenvalue weighted by molar-refractivity contribution is -0.148. The summed E-state index contributed by atoms with van der Waals surface area (Å²) in [6, 6.07) is 0. The molecule has 4 aliphatic rings. The lowest BCUT2D eigenvalue weighted by Crippen LogP contribution is -2.55. The van der Waals surface area contributed by atoms with Crippen molar-refractivity contribution in [3.05, 3.63) is 0 Å². The maximum atomic E-state index is 10.7. The largest absolute Gasteiger partial charge is 0.390 e. The van der Waals surface area contributed by atoms with Gasteiger partial charge in [-0.15, -0.1) is 0 Å². The van der Waals surface area contributed by atoms with E-state index in [1.165, 1.54) is 64.2 Å². The van der Waals surface area contributed by atoms with Crippen LogP contribution in [0.15, 0.2) is 0 Å². The molecule has 0 spiro atoms. The summed E-state index contributed by atoms with van der Waals surface area (Å²) in [4.78, 5) is 0. The second-order valence-electron chi connectivity index (χ2n) is 13.4. The summed E-state index contributed by atoms with van der Waals surface area (Å²) in [7, 11) is 0. The summed E-state index contributed by atoms with van der Waals surface area (Å²) in [6.45, 7) is 14.8. The van der Waals surface area contributed by atoms with Crippen molar-refractivity contribution in [2.75, 3.05) is 0 Å². The smallest absolute Gasteiger partial charge is 0.0622 e. The van der Waals surface area contributed by atoms with E-state index in [4.69, 9.17) is 0 Å². The summed E-state index contributed by atoms with van der Waals surface area (Å²) in [5.74, 6) is 6.41. The number of hydrogen-bond donors (Lipinski definition) is 1. The average Bonchev–Trinajstić information content (AvgIpc) is 2.99. The Hall–Kier alpha value is -0.0400. The molecule has 0 aromatic carbocycles. The van der Waals surface area contributed by atoms with Crippen LogP contribution in [0.5, 0.6) is 0 Å². The summed E-state index contributed by atoms with van der Waals surface area (Å²) in [5, 5.41) is 10.7. The van der Waals surface area contributed by atoms with Crippen molar-refractivity contribution in [3.8, 4) is 0 Å². The highest BCUT2D eigenvalue weighted by Gasteiger charge is 2.61. The SMILES string of the molecule is CC(C)CCC[C@@H](C)[C@@H]1CC[C@@H]2[C@@H]3CC[C@H]4C[C@@](C)(O)CC[C@]4(C)[C@H]3CC[C@@]21C. The first-order valence-electron chi connectivity index (χ1n) is 13.3. The van der Waals surface area contributed by atoms with E-state index in [0.717, 1.165) is 54.3 Å². The number of fused-ring (bicyclic) bond motifs is 5. The third-order valence-corrected chi connectivity index (χ3v) is 11.2. The number of aliphatic hydroxyl groups is 1. The molecule has 4 fully saturated rings. The van der Waals surface area contributed by atoms with Gasteiger partial charge < -0.3 is 5.11 Å². The van der Waals surface area contributed by atoms with Crippen molar-refractivity contribution in [1.29, 1.82) is 0 Å². The minimum atomic E-state index is -0.399. The van der Waals surface area contributed by atoms with Crippen LogP contribution >= 0.6 is 0 Å². The second-order valence-corrected chi connectivity index (χ2v) is 13.4. The van der Waals surface area contributed by atoms with Crippen LogP contribution in [-0.2, 0) is 0 Å².